The molecule has 14 heavy (non-hydrogen) atoms. The van der Waals surface area contributed by atoms with Gasteiger partial charge in [-0.3, -0.25) is 0 Å². The molecule has 0 bridgehead atoms. The van der Waals surface area contributed by atoms with Gasteiger partial charge in [0.05, 0.1) is 0 Å². The molecule has 0 radical (unpaired) electrons. The van der Waals surface area contributed by atoms with Gasteiger partial charge in [0, 0.05) is 14.1 Å². The van der Waals surface area contributed by atoms with Crippen LogP contribution in [0.2, 0.25) is 0 Å². The fourth-order valence-corrected chi connectivity index (χ4v) is 1.18. The van der Waals surface area contributed by atoms with Crippen molar-refractivity contribution < 1.29 is 9.53 Å². The third kappa shape index (κ3) is 2.76. The summed E-state index contributed by atoms with van der Waals surface area (Å²) in [5.74, 6) is 0.598. The average Bonchev–Trinajstić information content (AvgIpc) is 2.01. The predicted molar refractivity (Wildman–Crippen MR) is 55.6 cm³/mol. The molecule has 0 aliphatic rings. The molecule has 0 atom stereocenters. The van der Waals surface area contributed by atoms with Crippen LogP contribution in [0.4, 0.5) is 4.79 Å². The predicted octanol–water partition coefficient (Wildman–Crippen LogP) is 2.36. The first-order valence-electron chi connectivity index (χ1n) is 4.46. The summed E-state index contributed by atoms with van der Waals surface area (Å²) in [4.78, 5) is 12.6. The summed E-state index contributed by atoms with van der Waals surface area (Å²) in [5.41, 5.74) is 2.18. The zero-order chi connectivity index (χ0) is 10.7. The Morgan fingerprint density at radius 2 is 1.64 bits per heavy atom. The molecule has 3 nitrogen and oxygen atoms in total. The molecule has 0 heterocycles. The molecule has 0 unspecified atom stereocenters. The van der Waals surface area contributed by atoms with Crippen molar-refractivity contribution in [3.8, 4) is 5.75 Å². The standard InChI is InChI=1S/C11H15NO2/c1-8-5-9(2)7-10(6-8)14-11(13)12(3)4/h5-7H,1-4H3. The third-order valence-corrected chi connectivity index (χ3v) is 1.77. The molecule has 1 rings (SSSR count). The summed E-state index contributed by atoms with van der Waals surface area (Å²) in [6, 6.07) is 5.72. The van der Waals surface area contributed by atoms with Gasteiger partial charge in [0.2, 0.25) is 0 Å². The maximum Gasteiger partial charge on any atom is 0.414 e. The lowest BCUT2D eigenvalue weighted by Gasteiger charge is -2.11. The number of hydrogen-bond acceptors (Lipinski definition) is 2. The van der Waals surface area contributed by atoms with Crippen molar-refractivity contribution in [3.63, 3.8) is 0 Å². The smallest absolute Gasteiger partial charge is 0.410 e. The molecule has 0 aliphatic carbocycles. The van der Waals surface area contributed by atoms with Gasteiger partial charge >= 0.3 is 6.09 Å². The van der Waals surface area contributed by atoms with E-state index in [9.17, 15) is 4.79 Å². The number of hydrogen-bond donors (Lipinski definition) is 0. The van der Waals surface area contributed by atoms with E-state index in [0.717, 1.165) is 11.1 Å². The van der Waals surface area contributed by atoms with Gasteiger partial charge in [-0.05, 0) is 37.1 Å². The Hall–Kier alpha value is -1.51. The number of carbonyl (C=O) groups is 1. The van der Waals surface area contributed by atoms with E-state index >= 15 is 0 Å². The Balaban J connectivity index is 2.82. The van der Waals surface area contributed by atoms with E-state index in [1.165, 1.54) is 4.90 Å². The van der Waals surface area contributed by atoms with Crippen molar-refractivity contribution in [2.45, 2.75) is 13.8 Å². The van der Waals surface area contributed by atoms with Crippen molar-refractivity contribution in [1.29, 1.82) is 0 Å². The van der Waals surface area contributed by atoms with Gasteiger partial charge in [0.15, 0.2) is 0 Å². The van der Waals surface area contributed by atoms with Crippen molar-refractivity contribution in [2.75, 3.05) is 14.1 Å². The monoisotopic (exact) mass is 193 g/mol. The fraction of sp³-hybridized carbons (Fsp3) is 0.364. The van der Waals surface area contributed by atoms with Crippen LogP contribution in [0.25, 0.3) is 0 Å². The summed E-state index contributed by atoms with van der Waals surface area (Å²) < 4.78 is 5.12. The average molecular weight is 193 g/mol. The van der Waals surface area contributed by atoms with E-state index in [0.29, 0.717) is 5.75 Å². The highest BCUT2D eigenvalue weighted by Gasteiger charge is 2.06. The quantitative estimate of drug-likeness (QED) is 0.685. The van der Waals surface area contributed by atoms with Crippen LogP contribution in [-0.2, 0) is 0 Å². The summed E-state index contributed by atoms with van der Waals surface area (Å²) >= 11 is 0. The Morgan fingerprint density at radius 1 is 1.14 bits per heavy atom. The molecule has 0 saturated carbocycles. The number of benzene rings is 1. The SMILES string of the molecule is Cc1cc(C)cc(OC(=O)N(C)C)c1. The second kappa shape index (κ2) is 4.13. The molecular weight excluding hydrogens is 178 g/mol. The van der Waals surface area contributed by atoms with E-state index in [1.807, 2.05) is 32.0 Å². The van der Waals surface area contributed by atoms with Gasteiger partial charge < -0.3 is 9.64 Å². The first kappa shape index (κ1) is 10.6. The van der Waals surface area contributed by atoms with Crippen LogP contribution in [-0.4, -0.2) is 25.1 Å². The van der Waals surface area contributed by atoms with Crippen LogP contribution >= 0.6 is 0 Å². The van der Waals surface area contributed by atoms with Gasteiger partial charge in [-0.15, -0.1) is 0 Å². The maximum atomic E-state index is 11.2. The van der Waals surface area contributed by atoms with Crippen LogP contribution in [0.1, 0.15) is 11.1 Å². The molecule has 0 aromatic heterocycles. The Morgan fingerprint density at radius 3 is 2.07 bits per heavy atom. The lowest BCUT2D eigenvalue weighted by atomic mass is 10.1. The molecule has 1 aromatic carbocycles. The van der Waals surface area contributed by atoms with Gasteiger partial charge in [0.25, 0.3) is 0 Å². The van der Waals surface area contributed by atoms with Crippen LogP contribution in [0, 0.1) is 13.8 Å². The van der Waals surface area contributed by atoms with Gasteiger partial charge in [-0.2, -0.15) is 0 Å². The Kier molecular flexibility index (Phi) is 3.12. The second-order valence-electron chi connectivity index (χ2n) is 3.59. The van der Waals surface area contributed by atoms with Gasteiger partial charge in [-0.25, -0.2) is 4.79 Å². The fourth-order valence-electron chi connectivity index (χ4n) is 1.18. The number of carbonyl (C=O) groups excluding carboxylic acids is 1. The molecule has 1 amide bonds. The number of nitrogens with zero attached hydrogens (tertiary/aromatic N) is 1. The van der Waals surface area contributed by atoms with Crippen LogP contribution < -0.4 is 4.74 Å². The van der Waals surface area contributed by atoms with Gasteiger partial charge in [-0.1, -0.05) is 6.07 Å². The highest BCUT2D eigenvalue weighted by molar-refractivity contribution is 5.70. The lowest BCUT2D eigenvalue weighted by molar-refractivity contribution is 0.172. The molecule has 0 fully saturated rings. The normalized spacial score (nSPS) is 9.71. The summed E-state index contributed by atoms with van der Waals surface area (Å²) in [7, 11) is 3.32. The largest absolute Gasteiger partial charge is 0.414 e. The Bertz CT molecular complexity index is 325. The molecular formula is C11H15NO2. The van der Waals surface area contributed by atoms with Crippen molar-refractivity contribution in [2.24, 2.45) is 0 Å². The molecule has 76 valence electrons. The number of rotatable bonds is 1. The van der Waals surface area contributed by atoms with Crippen molar-refractivity contribution >= 4 is 6.09 Å². The first-order valence-corrected chi connectivity index (χ1v) is 4.46. The molecule has 0 aliphatic heterocycles. The van der Waals surface area contributed by atoms with Gasteiger partial charge in [0.1, 0.15) is 5.75 Å². The van der Waals surface area contributed by atoms with E-state index in [-0.39, 0.29) is 6.09 Å². The van der Waals surface area contributed by atoms with Crippen LogP contribution in [0.15, 0.2) is 18.2 Å². The molecule has 1 aromatic rings. The lowest BCUT2D eigenvalue weighted by Crippen LogP contribution is -2.25. The van der Waals surface area contributed by atoms with Crippen molar-refractivity contribution in [1.82, 2.24) is 4.90 Å². The molecule has 3 heteroatoms. The molecule has 0 N–H and O–H groups in total. The minimum atomic E-state index is -0.352. The molecule has 0 saturated heterocycles. The van der Waals surface area contributed by atoms with E-state index < -0.39 is 0 Å². The minimum Gasteiger partial charge on any atom is -0.410 e. The zero-order valence-electron chi connectivity index (χ0n) is 9.00. The second-order valence-corrected chi connectivity index (χ2v) is 3.59. The highest BCUT2D eigenvalue weighted by atomic mass is 16.6. The highest BCUT2D eigenvalue weighted by Crippen LogP contribution is 2.16. The summed E-state index contributed by atoms with van der Waals surface area (Å²) in [6.07, 6.45) is -0.352. The zero-order valence-corrected chi connectivity index (χ0v) is 9.00. The van der Waals surface area contributed by atoms with E-state index in [4.69, 9.17) is 4.74 Å². The van der Waals surface area contributed by atoms with Crippen molar-refractivity contribution in [3.05, 3.63) is 29.3 Å². The summed E-state index contributed by atoms with van der Waals surface area (Å²) in [6.45, 7) is 3.94. The first-order chi connectivity index (χ1) is 6.49. The number of amides is 1. The molecule has 0 spiro atoms. The van der Waals surface area contributed by atoms with Crippen LogP contribution in [0.5, 0.6) is 5.75 Å². The number of ether oxygens (including phenoxy) is 1. The van der Waals surface area contributed by atoms with E-state index in [2.05, 4.69) is 0 Å². The van der Waals surface area contributed by atoms with E-state index in [1.54, 1.807) is 14.1 Å². The Labute approximate surface area is 84.3 Å². The summed E-state index contributed by atoms with van der Waals surface area (Å²) in [5, 5.41) is 0. The number of aryl methyl sites for hydroxylation is 2. The minimum absolute atomic E-state index is 0.352. The third-order valence-electron chi connectivity index (χ3n) is 1.77. The van der Waals surface area contributed by atoms with Crippen LogP contribution in [0.3, 0.4) is 0 Å². The topological polar surface area (TPSA) is 29.5 Å². The maximum absolute atomic E-state index is 11.2.